The first-order valence-corrected chi connectivity index (χ1v) is 6.03. The molecule has 0 saturated carbocycles. The second kappa shape index (κ2) is 5.27. The Morgan fingerprint density at radius 3 is 2.75 bits per heavy atom. The predicted octanol–water partition coefficient (Wildman–Crippen LogP) is 2.60. The Morgan fingerprint density at radius 1 is 1.31 bits per heavy atom. The molecule has 0 aliphatic rings. The van der Waals surface area contributed by atoms with Gasteiger partial charge in [0, 0.05) is 4.47 Å². The molecule has 1 aromatic carbocycles. The van der Waals surface area contributed by atoms with Crippen LogP contribution in [0.3, 0.4) is 0 Å². The van der Waals surface area contributed by atoms with Crippen LogP contribution < -0.4 is 5.32 Å². The van der Waals surface area contributed by atoms with Crippen molar-refractivity contribution in [3.05, 3.63) is 40.5 Å². The molecule has 0 atom stereocenters. The quantitative estimate of drug-likeness (QED) is 0.903. The number of hydrogen-bond acceptors (Lipinski definition) is 2. The average Bonchev–Trinajstić information content (AvgIpc) is 2.75. The summed E-state index contributed by atoms with van der Waals surface area (Å²) in [7, 11) is 1.96. The SMILES string of the molecule is CNCCc1cn[nH]c1-c1ccc(Br)cc1. The smallest absolute Gasteiger partial charge is 0.0682 e. The van der Waals surface area contributed by atoms with Crippen molar-refractivity contribution >= 4 is 15.9 Å². The van der Waals surface area contributed by atoms with E-state index >= 15 is 0 Å². The standard InChI is InChI=1S/C12H14BrN3/c1-14-7-6-10-8-15-16-12(10)9-2-4-11(13)5-3-9/h2-5,8,14H,6-7H2,1H3,(H,15,16). The fourth-order valence-corrected chi connectivity index (χ4v) is 1.89. The Bertz CT molecular complexity index is 448. The Balaban J connectivity index is 2.26. The molecule has 0 radical (unpaired) electrons. The van der Waals surface area contributed by atoms with Crippen LogP contribution in [0.1, 0.15) is 5.56 Å². The molecule has 1 heterocycles. The lowest BCUT2D eigenvalue weighted by Gasteiger charge is -2.03. The van der Waals surface area contributed by atoms with Crippen LogP contribution >= 0.6 is 15.9 Å². The molecular formula is C12H14BrN3. The van der Waals surface area contributed by atoms with Crippen LogP contribution in [0.4, 0.5) is 0 Å². The van der Waals surface area contributed by atoms with Crippen molar-refractivity contribution in [2.45, 2.75) is 6.42 Å². The first-order chi connectivity index (χ1) is 7.81. The summed E-state index contributed by atoms with van der Waals surface area (Å²) < 4.78 is 1.09. The van der Waals surface area contributed by atoms with Gasteiger partial charge in [0.2, 0.25) is 0 Å². The van der Waals surface area contributed by atoms with E-state index in [1.807, 2.05) is 25.4 Å². The van der Waals surface area contributed by atoms with Crippen LogP contribution in [0.2, 0.25) is 0 Å². The molecule has 2 N–H and O–H groups in total. The molecule has 0 amide bonds. The Morgan fingerprint density at radius 2 is 2.06 bits per heavy atom. The van der Waals surface area contributed by atoms with Gasteiger partial charge in [-0.2, -0.15) is 5.10 Å². The second-order valence-electron chi connectivity index (χ2n) is 3.63. The van der Waals surface area contributed by atoms with E-state index in [1.165, 1.54) is 11.1 Å². The normalized spacial score (nSPS) is 10.6. The molecule has 84 valence electrons. The zero-order chi connectivity index (χ0) is 11.4. The highest BCUT2D eigenvalue weighted by Gasteiger charge is 2.06. The Kier molecular flexibility index (Phi) is 3.74. The number of H-pyrrole nitrogens is 1. The molecule has 16 heavy (non-hydrogen) atoms. The monoisotopic (exact) mass is 279 g/mol. The van der Waals surface area contributed by atoms with Crippen molar-refractivity contribution in [3.8, 4) is 11.3 Å². The second-order valence-corrected chi connectivity index (χ2v) is 4.55. The fraction of sp³-hybridized carbons (Fsp3) is 0.250. The highest BCUT2D eigenvalue weighted by atomic mass is 79.9. The maximum Gasteiger partial charge on any atom is 0.0682 e. The summed E-state index contributed by atoms with van der Waals surface area (Å²) in [5.41, 5.74) is 3.53. The molecule has 0 spiro atoms. The Labute approximate surface area is 103 Å². The number of halogens is 1. The van der Waals surface area contributed by atoms with E-state index in [2.05, 4.69) is 43.6 Å². The summed E-state index contributed by atoms with van der Waals surface area (Å²) in [6, 6.07) is 8.25. The van der Waals surface area contributed by atoms with Gasteiger partial charge in [0.25, 0.3) is 0 Å². The summed E-state index contributed by atoms with van der Waals surface area (Å²) in [5, 5.41) is 10.3. The summed E-state index contributed by atoms with van der Waals surface area (Å²) in [5.74, 6) is 0. The van der Waals surface area contributed by atoms with E-state index in [0.717, 1.165) is 23.1 Å². The van der Waals surface area contributed by atoms with Crippen LogP contribution in [0.5, 0.6) is 0 Å². The molecule has 4 heteroatoms. The summed E-state index contributed by atoms with van der Waals surface area (Å²) in [6.45, 7) is 0.961. The molecule has 0 aliphatic heterocycles. The number of nitrogens with one attached hydrogen (secondary N) is 2. The summed E-state index contributed by atoms with van der Waals surface area (Å²) in [6.07, 6.45) is 2.88. The highest BCUT2D eigenvalue weighted by Crippen LogP contribution is 2.23. The van der Waals surface area contributed by atoms with Gasteiger partial charge < -0.3 is 5.32 Å². The molecule has 0 bridgehead atoms. The number of aromatic amines is 1. The van der Waals surface area contributed by atoms with Crippen molar-refractivity contribution in [2.24, 2.45) is 0 Å². The van der Waals surface area contributed by atoms with Gasteiger partial charge in [0.05, 0.1) is 11.9 Å². The van der Waals surface area contributed by atoms with Crippen LogP contribution in [0.25, 0.3) is 11.3 Å². The topological polar surface area (TPSA) is 40.7 Å². The van der Waals surface area contributed by atoms with E-state index in [9.17, 15) is 0 Å². The van der Waals surface area contributed by atoms with Crippen LogP contribution in [-0.2, 0) is 6.42 Å². The van der Waals surface area contributed by atoms with E-state index in [0.29, 0.717) is 0 Å². The maximum atomic E-state index is 4.11. The Hall–Kier alpha value is -1.13. The van der Waals surface area contributed by atoms with E-state index in [-0.39, 0.29) is 0 Å². The summed E-state index contributed by atoms with van der Waals surface area (Å²) >= 11 is 3.43. The van der Waals surface area contributed by atoms with Gasteiger partial charge in [-0.3, -0.25) is 5.10 Å². The molecule has 3 nitrogen and oxygen atoms in total. The molecule has 1 aromatic heterocycles. The van der Waals surface area contributed by atoms with Crippen LogP contribution in [0.15, 0.2) is 34.9 Å². The van der Waals surface area contributed by atoms with E-state index in [4.69, 9.17) is 0 Å². The number of aromatic nitrogens is 2. The largest absolute Gasteiger partial charge is 0.319 e. The predicted molar refractivity (Wildman–Crippen MR) is 69.4 cm³/mol. The minimum Gasteiger partial charge on any atom is -0.319 e. The molecule has 0 fully saturated rings. The molecular weight excluding hydrogens is 266 g/mol. The van der Waals surface area contributed by atoms with Crippen molar-refractivity contribution in [3.63, 3.8) is 0 Å². The average molecular weight is 280 g/mol. The third-order valence-corrected chi connectivity index (χ3v) is 3.02. The van der Waals surface area contributed by atoms with Crippen molar-refractivity contribution < 1.29 is 0 Å². The fourth-order valence-electron chi connectivity index (χ4n) is 1.63. The molecule has 0 unspecified atom stereocenters. The first kappa shape index (κ1) is 11.4. The molecule has 2 aromatic rings. The number of likely N-dealkylation sites (N-methyl/N-ethyl adjacent to an activating group) is 1. The summed E-state index contributed by atoms with van der Waals surface area (Å²) in [4.78, 5) is 0. The van der Waals surface area contributed by atoms with Crippen LogP contribution in [-0.4, -0.2) is 23.8 Å². The molecule has 2 rings (SSSR count). The van der Waals surface area contributed by atoms with Gasteiger partial charge in [0.15, 0.2) is 0 Å². The zero-order valence-corrected chi connectivity index (χ0v) is 10.7. The third-order valence-electron chi connectivity index (χ3n) is 2.50. The van der Waals surface area contributed by atoms with Gasteiger partial charge >= 0.3 is 0 Å². The zero-order valence-electron chi connectivity index (χ0n) is 9.13. The lowest BCUT2D eigenvalue weighted by atomic mass is 10.1. The third kappa shape index (κ3) is 2.51. The van der Waals surface area contributed by atoms with Crippen molar-refractivity contribution in [2.75, 3.05) is 13.6 Å². The van der Waals surface area contributed by atoms with Crippen molar-refractivity contribution in [1.29, 1.82) is 0 Å². The lowest BCUT2D eigenvalue weighted by molar-refractivity contribution is 0.793. The van der Waals surface area contributed by atoms with Crippen molar-refractivity contribution in [1.82, 2.24) is 15.5 Å². The van der Waals surface area contributed by atoms with Crippen LogP contribution in [0, 0.1) is 0 Å². The van der Waals surface area contributed by atoms with E-state index in [1.54, 1.807) is 0 Å². The van der Waals surface area contributed by atoms with Gasteiger partial charge in [-0.05, 0) is 43.3 Å². The highest BCUT2D eigenvalue weighted by molar-refractivity contribution is 9.10. The number of benzene rings is 1. The first-order valence-electron chi connectivity index (χ1n) is 5.24. The van der Waals surface area contributed by atoms with Gasteiger partial charge in [-0.15, -0.1) is 0 Å². The minimum absolute atomic E-state index is 0.961. The molecule has 0 aliphatic carbocycles. The molecule has 0 saturated heterocycles. The van der Waals surface area contributed by atoms with Gasteiger partial charge in [-0.1, -0.05) is 28.1 Å². The van der Waals surface area contributed by atoms with Gasteiger partial charge in [-0.25, -0.2) is 0 Å². The van der Waals surface area contributed by atoms with E-state index < -0.39 is 0 Å². The lowest BCUT2D eigenvalue weighted by Crippen LogP contribution is -2.10. The number of nitrogens with zero attached hydrogens (tertiary/aromatic N) is 1. The van der Waals surface area contributed by atoms with Gasteiger partial charge in [0.1, 0.15) is 0 Å². The number of hydrogen-bond donors (Lipinski definition) is 2. The maximum absolute atomic E-state index is 4.11. The minimum atomic E-state index is 0.961. The number of rotatable bonds is 4.